The van der Waals surface area contributed by atoms with Gasteiger partial charge in [-0.1, -0.05) is 0 Å². The second kappa shape index (κ2) is 17.2. The molecule has 1 atom stereocenters. The summed E-state index contributed by atoms with van der Waals surface area (Å²) in [6.45, 7) is 3.44. The van der Waals surface area contributed by atoms with Crippen molar-refractivity contribution < 1.29 is 65.8 Å². The van der Waals surface area contributed by atoms with Crippen molar-refractivity contribution in [3.8, 4) is 0 Å². The van der Waals surface area contributed by atoms with Crippen LogP contribution in [0, 0.1) is 0 Å². The average molecular weight is 611 g/mol. The van der Waals surface area contributed by atoms with E-state index in [1.54, 1.807) is 7.05 Å². The summed E-state index contributed by atoms with van der Waals surface area (Å²) >= 11 is 0. The lowest BCUT2D eigenvalue weighted by atomic mass is 10.4. The van der Waals surface area contributed by atoms with Crippen molar-refractivity contribution in [2.75, 3.05) is 26.8 Å². The van der Waals surface area contributed by atoms with E-state index in [0.717, 1.165) is 6.92 Å². The number of imide groups is 2. The van der Waals surface area contributed by atoms with E-state index >= 15 is 0 Å². The molecule has 2 rings (SSSR count). The maximum absolute atomic E-state index is 11.4. The van der Waals surface area contributed by atoms with Crippen LogP contribution < -0.4 is 21.3 Å². The molecule has 2 aliphatic rings. The van der Waals surface area contributed by atoms with Crippen molar-refractivity contribution in [3.05, 3.63) is 0 Å². The fourth-order valence-corrected chi connectivity index (χ4v) is 3.15. The first-order valence-corrected chi connectivity index (χ1v) is 12.9. The first-order valence-electron chi connectivity index (χ1n) is 11.4. The van der Waals surface area contributed by atoms with Crippen LogP contribution in [-0.4, -0.2) is 108 Å². The van der Waals surface area contributed by atoms with E-state index in [9.17, 15) is 51.6 Å². The molecule has 2 saturated heterocycles. The van der Waals surface area contributed by atoms with Gasteiger partial charge in [-0.3, -0.25) is 38.1 Å². The number of rotatable bonds is 9. The summed E-state index contributed by atoms with van der Waals surface area (Å²) in [6, 6.07) is 0. The predicted octanol–water partition coefficient (Wildman–Crippen LogP) is -4.37. The fraction of sp³-hybridized carbons (Fsp3) is 0.550. The molecule has 7 amide bonds. The van der Waals surface area contributed by atoms with Crippen LogP contribution in [0.4, 0.5) is 0 Å². The van der Waals surface area contributed by atoms with E-state index in [1.807, 2.05) is 0 Å². The van der Waals surface area contributed by atoms with Gasteiger partial charge in [0.2, 0.25) is 17.7 Å². The third kappa shape index (κ3) is 14.5. The van der Waals surface area contributed by atoms with Gasteiger partial charge in [-0.25, -0.2) is 9.59 Å². The van der Waals surface area contributed by atoms with Gasteiger partial charge in [-0.2, -0.15) is 8.42 Å². The number of hydrogen-bond donors (Lipinski definition) is 5. The standard InChI is InChI=1S/C8H10N2O8S.C8H10N2O5.C4H10N2O/c1-4(11)9-3-7(13)18-10-6(12)2-5(8(10)14)19(15,16)17;1-5(11)9-4-8(14)15-10-6(12)2-3-7(10)13;1-4(7)6-3-5-2/h5H,2-3H2,1H3,(H,9,11)(H,15,16,17);2-4H2,1H3,(H,9,11);5H,3H2,1-2H3,(H,6,7). The molecule has 20 nitrogen and oxygen atoms in total. The van der Waals surface area contributed by atoms with Crippen molar-refractivity contribution in [2.45, 2.75) is 45.3 Å². The monoisotopic (exact) mass is 610 g/mol. The number of hydrogen-bond acceptors (Lipinski definition) is 14. The van der Waals surface area contributed by atoms with Gasteiger partial charge in [0.1, 0.15) is 13.1 Å². The quantitative estimate of drug-likeness (QED) is 0.0936. The lowest BCUT2D eigenvalue weighted by Crippen LogP contribution is -2.39. The van der Waals surface area contributed by atoms with Gasteiger partial charge in [-0.05, 0) is 7.05 Å². The van der Waals surface area contributed by atoms with Crippen LogP contribution >= 0.6 is 0 Å². The molecule has 0 aromatic carbocycles. The summed E-state index contributed by atoms with van der Waals surface area (Å²) in [5, 5.41) is 7.98. The number of carbonyl (C=O) groups is 9. The Kier molecular flexibility index (Phi) is 15.4. The summed E-state index contributed by atoms with van der Waals surface area (Å²) in [6.07, 6.45) is -0.719. The van der Waals surface area contributed by atoms with Crippen molar-refractivity contribution in [3.63, 3.8) is 0 Å². The molecule has 1 unspecified atom stereocenters. The first-order chi connectivity index (χ1) is 18.9. The van der Waals surface area contributed by atoms with Gasteiger partial charge in [0.05, 0.1) is 13.1 Å². The van der Waals surface area contributed by atoms with Crippen LogP contribution in [0.5, 0.6) is 0 Å². The van der Waals surface area contributed by atoms with Gasteiger partial charge in [-0.15, -0.1) is 10.1 Å². The van der Waals surface area contributed by atoms with Crippen molar-refractivity contribution in [1.82, 2.24) is 31.4 Å². The Labute approximate surface area is 233 Å². The number of amides is 7. The van der Waals surface area contributed by atoms with E-state index in [4.69, 9.17) is 4.55 Å². The Balaban J connectivity index is 0.000000647. The Bertz CT molecular complexity index is 1150. The largest absolute Gasteiger partial charge is 0.352 e. The van der Waals surface area contributed by atoms with Crippen LogP contribution in [0.3, 0.4) is 0 Å². The Hall–Kier alpha value is -4.50. The summed E-state index contributed by atoms with van der Waals surface area (Å²) < 4.78 is 30.3. The lowest BCUT2D eigenvalue weighted by molar-refractivity contribution is -0.196. The molecule has 2 aliphatic heterocycles. The van der Waals surface area contributed by atoms with Gasteiger partial charge < -0.3 is 30.9 Å². The number of nitrogens with zero attached hydrogens (tertiary/aromatic N) is 2. The van der Waals surface area contributed by atoms with Gasteiger partial charge in [0, 0.05) is 33.6 Å². The number of nitrogens with one attached hydrogen (secondary N) is 4. The second-order valence-corrected chi connectivity index (χ2v) is 9.42. The molecule has 0 aromatic rings. The van der Waals surface area contributed by atoms with E-state index in [-0.39, 0.29) is 30.4 Å². The Morgan fingerprint density at radius 3 is 1.51 bits per heavy atom. The minimum atomic E-state index is -4.75. The highest BCUT2D eigenvalue weighted by atomic mass is 32.2. The van der Waals surface area contributed by atoms with Crippen molar-refractivity contribution in [1.29, 1.82) is 0 Å². The molecule has 230 valence electrons. The molecular formula is C20H30N6O14S. The molecule has 2 fully saturated rings. The van der Waals surface area contributed by atoms with Gasteiger partial charge in [0.25, 0.3) is 33.7 Å². The maximum atomic E-state index is 11.4. The SMILES string of the molecule is CC(=O)NCC(=O)ON1C(=O)CC(S(=O)(=O)O)C1=O.CC(=O)NCC(=O)ON1C(=O)CCC1=O.CNCNC(C)=O. The van der Waals surface area contributed by atoms with E-state index in [2.05, 4.69) is 30.9 Å². The van der Waals surface area contributed by atoms with E-state index in [1.165, 1.54) is 13.8 Å². The zero-order valence-corrected chi connectivity index (χ0v) is 23.2. The third-order valence-electron chi connectivity index (χ3n) is 4.29. The highest BCUT2D eigenvalue weighted by Crippen LogP contribution is 2.19. The molecule has 21 heteroatoms. The van der Waals surface area contributed by atoms with E-state index < -0.39 is 75.7 Å². The molecular weight excluding hydrogens is 580 g/mol. The lowest BCUT2D eigenvalue weighted by Gasteiger charge is -2.13. The van der Waals surface area contributed by atoms with Crippen LogP contribution in [-0.2, 0) is 62.9 Å². The molecule has 0 aliphatic carbocycles. The van der Waals surface area contributed by atoms with Crippen LogP contribution in [0.1, 0.15) is 40.0 Å². The summed E-state index contributed by atoms with van der Waals surface area (Å²) in [5.74, 6) is -6.45. The smallest absolute Gasteiger partial charge is 0.345 e. The first kappa shape index (κ1) is 36.5. The summed E-state index contributed by atoms with van der Waals surface area (Å²) in [4.78, 5) is 107. The minimum Gasteiger partial charge on any atom is -0.345 e. The molecule has 5 N–H and O–H groups in total. The molecule has 2 heterocycles. The minimum absolute atomic E-state index is 0.00523. The van der Waals surface area contributed by atoms with Crippen LogP contribution in [0.25, 0.3) is 0 Å². The van der Waals surface area contributed by atoms with Crippen molar-refractivity contribution >= 4 is 63.4 Å². The average Bonchev–Trinajstić information content (AvgIpc) is 3.33. The summed E-state index contributed by atoms with van der Waals surface area (Å²) in [7, 11) is -2.98. The molecule has 41 heavy (non-hydrogen) atoms. The summed E-state index contributed by atoms with van der Waals surface area (Å²) in [5.41, 5.74) is 0. The molecule has 0 radical (unpaired) electrons. The third-order valence-corrected chi connectivity index (χ3v) is 5.38. The molecule has 0 spiro atoms. The van der Waals surface area contributed by atoms with Crippen LogP contribution in [0.2, 0.25) is 0 Å². The second-order valence-electron chi connectivity index (χ2n) is 7.83. The normalized spacial score (nSPS) is 16.1. The molecule has 0 aromatic heterocycles. The number of carbonyl (C=O) groups excluding carboxylic acids is 9. The predicted molar refractivity (Wildman–Crippen MR) is 130 cm³/mol. The fourth-order valence-electron chi connectivity index (χ4n) is 2.44. The van der Waals surface area contributed by atoms with Gasteiger partial charge in [0.15, 0.2) is 5.25 Å². The van der Waals surface area contributed by atoms with Crippen LogP contribution in [0.15, 0.2) is 0 Å². The maximum Gasteiger partial charge on any atom is 0.352 e. The Morgan fingerprint density at radius 1 is 0.780 bits per heavy atom. The zero-order valence-electron chi connectivity index (χ0n) is 22.4. The molecule has 0 saturated carbocycles. The zero-order chi connectivity index (χ0) is 31.9. The number of hydroxylamine groups is 4. The van der Waals surface area contributed by atoms with E-state index in [0.29, 0.717) is 11.7 Å². The van der Waals surface area contributed by atoms with Gasteiger partial charge >= 0.3 is 11.9 Å². The topological polar surface area (TPSA) is 281 Å². The molecule has 0 bridgehead atoms. The van der Waals surface area contributed by atoms with Crippen molar-refractivity contribution in [2.24, 2.45) is 0 Å². The highest BCUT2D eigenvalue weighted by Gasteiger charge is 2.48. The highest BCUT2D eigenvalue weighted by molar-refractivity contribution is 7.87. The Morgan fingerprint density at radius 2 is 1.20 bits per heavy atom.